The molecule has 0 amide bonds. The Morgan fingerprint density at radius 2 is 1.81 bits per heavy atom. The number of carbonyl (C=O) groups excluding carboxylic acids is 1. The van der Waals surface area contributed by atoms with E-state index in [0.29, 0.717) is 10.5 Å². The van der Waals surface area contributed by atoms with Crippen molar-refractivity contribution in [1.82, 2.24) is 10.3 Å². The molecule has 1 atom stereocenters. The first kappa shape index (κ1) is 21.5. The monoisotopic (exact) mass is 468 g/mol. The maximum Gasteiger partial charge on any atom is 0.283 e. The van der Waals surface area contributed by atoms with Gasteiger partial charge in [0.2, 0.25) is 9.84 Å². The molecule has 2 N–H and O–H groups in total. The van der Waals surface area contributed by atoms with Crippen LogP contribution in [-0.2, 0) is 14.6 Å². The number of thioether (sulfide) groups is 1. The minimum Gasteiger partial charge on any atom is -0.371 e. The Balaban J connectivity index is 1.52. The predicted octanol–water partition coefficient (Wildman–Crippen LogP) is 3.69. The van der Waals surface area contributed by atoms with E-state index >= 15 is 0 Å². The third-order valence-electron chi connectivity index (χ3n) is 4.59. The first-order valence-electron chi connectivity index (χ1n) is 9.29. The zero-order valence-corrected chi connectivity index (χ0v) is 18.0. The molecule has 3 aromatic rings. The zero-order chi connectivity index (χ0) is 22.7. The number of para-hydroxylation sites is 1. The summed E-state index contributed by atoms with van der Waals surface area (Å²) in [5.41, 5.74) is 2.06. The van der Waals surface area contributed by atoms with Crippen LogP contribution < -0.4 is 10.6 Å². The lowest BCUT2D eigenvalue weighted by Gasteiger charge is -2.13. The van der Waals surface area contributed by atoms with Gasteiger partial charge in [0.25, 0.3) is 10.8 Å². The number of hydrogen-bond donors (Lipinski definition) is 2. The molecule has 0 spiro atoms. The van der Waals surface area contributed by atoms with Gasteiger partial charge in [-0.25, -0.2) is 8.42 Å². The Morgan fingerprint density at radius 3 is 2.50 bits per heavy atom. The number of nitro groups is 1. The van der Waals surface area contributed by atoms with Gasteiger partial charge in [-0.15, -0.1) is 0 Å². The fourth-order valence-electron chi connectivity index (χ4n) is 2.98. The van der Waals surface area contributed by atoms with Gasteiger partial charge in [-0.05, 0) is 30.3 Å². The van der Waals surface area contributed by atoms with E-state index in [2.05, 4.69) is 15.6 Å². The van der Waals surface area contributed by atoms with Crippen molar-refractivity contribution < 1.29 is 18.1 Å². The van der Waals surface area contributed by atoms with Crippen molar-refractivity contribution in [3.05, 3.63) is 94.9 Å². The van der Waals surface area contributed by atoms with Gasteiger partial charge in [0, 0.05) is 46.9 Å². The van der Waals surface area contributed by atoms with E-state index in [9.17, 15) is 23.3 Å². The Kier molecular flexibility index (Phi) is 5.93. The van der Waals surface area contributed by atoms with Gasteiger partial charge in [0.1, 0.15) is 0 Å². The van der Waals surface area contributed by atoms with Gasteiger partial charge in [-0.1, -0.05) is 30.0 Å². The fourth-order valence-corrected chi connectivity index (χ4v) is 5.50. The summed E-state index contributed by atoms with van der Waals surface area (Å²) in [6.07, 6.45) is 4.83. The fraction of sp³-hybridized carbons (Fsp3) is 0.0476. The van der Waals surface area contributed by atoms with E-state index in [1.54, 1.807) is 24.7 Å². The first-order chi connectivity index (χ1) is 15.4. The average molecular weight is 469 g/mol. The van der Waals surface area contributed by atoms with Crippen LogP contribution in [0.5, 0.6) is 0 Å². The smallest absolute Gasteiger partial charge is 0.283 e. The zero-order valence-electron chi connectivity index (χ0n) is 16.3. The normalized spacial score (nSPS) is 15.5. The van der Waals surface area contributed by atoms with E-state index in [0.717, 1.165) is 47.4 Å². The van der Waals surface area contributed by atoms with Crippen LogP contribution in [-0.4, -0.2) is 28.8 Å². The molecular formula is C21H16N4O5S2. The van der Waals surface area contributed by atoms with Crippen LogP contribution in [0, 0.1) is 10.1 Å². The van der Waals surface area contributed by atoms with E-state index < -0.39 is 25.2 Å². The highest BCUT2D eigenvalue weighted by atomic mass is 32.2. The van der Waals surface area contributed by atoms with Gasteiger partial charge < -0.3 is 10.6 Å². The second kappa shape index (κ2) is 8.81. The molecule has 1 aliphatic heterocycles. The van der Waals surface area contributed by atoms with E-state index in [4.69, 9.17) is 0 Å². The predicted molar refractivity (Wildman–Crippen MR) is 122 cm³/mol. The van der Waals surface area contributed by atoms with Gasteiger partial charge in [-0.2, -0.15) is 0 Å². The maximum absolute atomic E-state index is 12.8. The Bertz CT molecular complexity index is 1310. The molecule has 0 radical (unpaired) electrons. The van der Waals surface area contributed by atoms with Crippen molar-refractivity contribution in [3.63, 3.8) is 0 Å². The second-order valence-corrected chi connectivity index (χ2v) is 9.69. The van der Waals surface area contributed by atoms with Gasteiger partial charge in [0.15, 0.2) is 5.37 Å². The molecule has 0 saturated heterocycles. The summed E-state index contributed by atoms with van der Waals surface area (Å²) >= 11 is 1.06. The van der Waals surface area contributed by atoms with E-state index in [1.807, 2.05) is 30.3 Å². The van der Waals surface area contributed by atoms with Crippen LogP contribution in [0.1, 0.15) is 5.56 Å². The lowest BCUT2D eigenvalue weighted by Crippen LogP contribution is -2.33. The molecule has 0 bridgehead atoms. The van der Waals surface area contributed by atoms with Crippen LogP contribution in [0.2, 0.25) is 0 Å². The molecule has 2 aromatic carbocycles. The highest BCUT2D eigenvalue weighted by Gasteiger charge is 2.36. The van der Waals surface area contributed by atoms with Gasteiger partial charge in [-0.3, -0.25) is 19.9 Å². The minimum absolute atomic E-state index is 0.260. The highest BCUT2D eigenvalue weighted by Crippen LogP contribution is 2.39. The Morgan fingerprint density at radius 1 is 1.09 bits per heavy atom. The average Bonchev–Trinajstić information content (AvgIpc) is 3.29. The molecule has 32 heavy (non-hydrogen) atoms. The summed E-state index contributed by atoms with van der Waals surface area (Å²) < 4.78 is 25.5. The number of aromatic nitrogens is 1. The molecule has 1 aromatic heterocycles. The molecule has 9 nitrogen and oxygen atoms in total. The molecule has 0 saturated carbocycles. The number of pyridine rings is 1. The number of sulfone groups is 1. The van der Waals surface area contributed by atoms with Crippen molar-refractivity contribution in [2.45, 2.75) is 10.3 Å². The summed E-state index contributed by atoms with van der Waals surface area (Å²) in [4.78, 5) is 27.4. The summed E-state index contributed by atoms with van der Waals surface area (Å²) in [5, 5.41) is 14.8. The maximum atomic E-state index is 12.8. The summed E-state index contributed by atoms with van der Waals surface area (Å²) in [6, 6.07) is 15.5. The number of nitro benzene ring substituents is 1. The number of nitrogens with one attached hydrogen (secondary N) is 2. The molecule has 11 heteroatoms. The highest BCUT2D eigenvalue weighted by molar-refractivity contribution is 8.14. The number of rotatable bonds is 6. The van der Waals surface area contributed by atoms with Crippen LogP contribution in [0.15, 0.2) is 84.2 Å². The molecular weight excluding hydrogens is 452 g/mol. The van der Waals surface area contributed by atoms with Crippen LogP contribution in [0.25, 0.3) is 4.91 Å². The Labute approximate surface area is 187 Å². The van der Waals surface area contributed by atoms with Crippen molar-refractivity contribution in [2.24, 2.45) is 0 Å². The molecule has 1 unspecified atom stereocenters. The van der Waals surface area contributed by atoms with Crippen LogP contribution in [0.4, 0.5) is 17.1 Å². The number of anilines is 2. The SMILES string of the molecule is O=C(C1NC=C(c2cnccc2Nc2ccccc2)S1)S(=O)(=O)c1ccc([N+](=O)[O-])cc1. The van der Waals surface area contributed by atoms with Gasteiger partial charge >= 0.3 is 0 Å². The van der Waals surface area contributed by atoms with Crippen LogP contribution in [0.3, 0.4) is 0 Å². The summed E-state index contributed by atoms with van der Waals surface area (Å²) in [6.45, 7) is 0. The van der Waals surface area contributed by atoms with E-state index in [1.165, 1.54) is 0 Å². The largest absolute Gasteiger partial charge is 0.371 e. The number of nitrogens with zero attached hydrogens (tertiary/aromatic N) is 2. The number of hydrogen-bond acceptors (Lipinski definition) is 9. The molecule has 0 aliphatic carbocycles. The van der Waals surface area contributed by atoms with Crippen molar-refractivity contribution in [3.8, 4) is 0 Å². The number of non-ortho nitro benzene ring substituents is 1. The number of carbonyl (C=O) groups is 1. The van der Waals surface area contributed by atoms with Crippen molar-refractivity contribution in [2.75, 3.05) is 5.32 Å². The van der Waals surface area contributed by atoms with Crippen LogP contribution >= 0.6 is 11.8 Å². The van der Waals surface area contributed by atoms with Gasteiger partial charge in [0.05, 0.1) is 15.5 Å². The minimum atomic E-state index is -4.34. The second-order valence-electron chi connectivity index (χ2n) is 6.66. The third-order valence-corrected chi connectivity index (χ3v) is 7.57. The lowest BCUT2D eigenvalue weighted by atomic mass is 10.2. The standard InChI is InChI=1S/C21H16N4O5S2/c26-21(32(29,30)16-8-6-15(7-9-16)25(27)28)20-23-13-19(31-20)17-12-22-11-10-18(17)24-14-4-2-1-3-5-14/h1-13,20,23H,(H,22,24). The van der Waals surface area contributed by atoms with E-state index in [-0.39, 0.29) is 10.6 Å². The summed E-state index contributed by atoms with van der Waals surface area (Å²) in [5.74, 6) is 0. The molecule has 4 rings (SSSR count). The molecule has 162 valence electrons. The quantitative estimate of drug-likeness (QED) is 0.410. The molecule has 0 fully saturated rings. The lowest BCUT2D eigenvalue weighted by molar-refractivity contribution is -0.384. The van der Waals surface area contributed by atoms with Crippen molar-refractivity contribution in [1.29, 1.82) is 0 Å². The Hall–Kier alpha value is -3.70. The number of benzene rings is 2. The first-order valence-corrected chi connectivity index (χ1v) is 11.7. The summed E-state index contributed by atoms with van der Waals surface area (Å²) in [7, 11) is -4.34. The topological polar surface area (TPSA) is 131 Å². The van der Waals surface area contributed by atoms with Crippen molar-refractivity contribution >= 4 is 48.7 Å². The third kappa shape index (κ3) is 4.34. The molecule has 2 heterocycles. The molecule has 1 aliphatic rings.